The average Bonchev–Trinajstić information content (AvgIpc) is 3.47. The van der Waals surface area contributed by atoms with Gasteiger partial charge >= 0.3 is 0 Å². The molecule has 1 N–H and O–H groups in total. The van der Waals surface area contributed by atoms with Gasteiger partial charge in [-0.2, -0.15) is 5.26 Å². The minimum atomic E-state index is -1.34. The maximum atomic E-state index is 13.9. The monoisotopic (exact) mass is 466 g/mol. The number of anilines is 2. The van der Waals surface area contributed by atoms with Crippen molar-refractivity contribution in [2.45, 2.75) is 24.4 Å². The van der Waals surface area contributed by atoms with Crippen molar-refractivity contribution in [2.24, 2.45) is 11.8 Å². The van der Waals surface area contributed by atoms with Gasteiger partial charge in [0, 0.05) is 16.6 Å². The maximum absolute atomic E-state index is 13.9. The van der Waals surface area contributed by atoms with E-state index in [1.165, 1.54) is 6.07 Å². The Balaban J connectivity index is 1.57. The number of hydrogen-bond acceptors (Lipinski definition) is 5. The smallest absolute Gasteiger partial charge is 0.250 e. The zero-order chi connectivity index (χ0) is 22.4. The van der Waals surface area contributed by atoms with Crippen LogP contribution in [0.2, 0.25) is 10.0 Å². The van der Waals surface area contributed by atoms with Crippen molar-refractivity contribution >= 4 is 52.3 Å². The molecule has 160 valence electrons. The number of carbonyl (C=O) groups excluding carboxylic acids is 3. The minimum absolute atomic E-state index is 0.241. The van der Waals surface area contributed by atoms with E-state index in [9.17, 15) is 19.6 Å². The molecule has 0 radical (unpaired) electrons. The molecular weight excluding hydrogens is 451 g/mol. The fraction of sp³-hybridized carbons (Fsp3) is 0.304. The molecule has 4 unspecified atom stereocenters. The highest BCUT2D eigenvalue weighted by atomic mass is 35.5. The van der Waals surface area contributed by atoms with Gasteiger partial charge in [-0.1, -0.05) is 29.3 Å². The molecule has 1 spiro atoms. The Bertz CT molecular complexity index is 1290. The third-order valence-corrected chi connectivity index (χ3v) is 7.77. The van der Waals surface area contributed by atoms with Gasteiger partial charge in [-0.25, -0.2) is 4.90 Å². The molecule has 32 heavy (non-hydrogen) atoms. The second-order valence-electron chi connectivity index (χ2n) is 8.61. The molecule has 0 aromatic heterocycles. The number of nitrogens with zero attached hydrogens (tertiary/aromatic N) is 3. The predicted molar refractivity (Wildman–Crippen MR) is 117 cm³/mol. The van der Waals surface area contributed by atoms with Crippen LogP contribution in [-0.2, 0) is 19.9 Å². The summed E-state index contributed by atoms with van der Waals surface area (Å²) in [5.74, 6) is -2.70. The summed E-state index contributed by atoms with van der Waals surface area (Å²) in [7, 11) is 0. The van der Waals surface area contributed by atoms with Gasteiger partial charge in [0.25, 0.3) is 5.91 Å². The number of halogens is 2. The zero-order valence-electron chi connectivity index (χ0n) is 16.6. The van der Waals surface area contributed by atoms with Crippen molar-refractivity contribution in [3.8, 4) is 6.07 Å². The summed E-state index contributed by atoms with van der Waals surface area (Å²) in [6.45, 7) is 0.596. The summed E-state index contributed by atoms with van der Waals surface area (Å²) >= 11 is 12.7. The molecule has 3 saturated heterocycles. The first-order valence-electron chi connectivity index (χ1n) is 10.3. The van der Waals surface area contributed by atoms with E-state index in [1.807, 2.05) is 11.0 Å². The van der Waals surface area contributed by atoms with Crippen LogP contribution in [0, 0.1) is 23.2 Å². The second-order valence-corrected chi connectivity index (χ2v) is 9.45. The molecule has 3 fully saturated rings. The van der Waals surface area contributed by atoms with Gasteiger partial charge < -0.3 is 5.32 Å². The lowest BCUT2D eigenvalue weighted by molar-refractivity contribution is -0.135. The molecule has 4 aliphatic rings. The molecule has 0 bridgehead atoms. The fourth-order valence-electron chi connectivity index (χ4n) is 6.20. The predicted octanol–water partition coefficient (Wildman–Crippen LogP) is 3.30. The SMILES string of the molecule is N#Cc1cccc(N2C(=O)C3C4CCCN4C4(C(=O)Nc5c(Cl)cc(Cl)cc54)C3C2=O)c1. The van der Waals surface area contributed by atoms with E-state index < -0.39 is 23.3 Å². The number of rotatable bonds is 1. The Kier molecular flexibility index (Phi) is 4.04. The third-order valence-electron chi connectivity index (χ3n) is 7.25. The summed E-state index contributed by atoms with van der Waals surface area (Å²) in [6.07, 6.45) is 1.53. The van der Waals surface area contributed by atoms with E-state index in [1.54, 1.807) is 30.3 Å². The molecule has 2 aromatic carbocycles. The average molecular weight is 467 g/mol. The zero-order valence-corrected chi connectivity index (χ0v) is 18.2. The Morgan fingerprint density at radius 1 is 1.12 bits per heavy atom. The summed E-state index contributed by atoms with van der Waals surface area (Å²) < 4.78 is 0. The number of nitriles is 1. The summed E-state index contributed by atoms with van der Waals surface area (Å²) in [4.78, 5) is 44.3. The number of nitrogens with one attached hydrogen (secondary N) is 1. The standard InChI is InChI=1S/C23H16Cl2N4O3/c24-12-8-14-19(15(25)9-12)27-22(32)23(14)18-17(16-5-2-6-28(16)23)20(30)29(21(18)31)13-4-1-3-11(7-13)10-26/h1,3-4,7-9,16-18H,2,5-6H2,(H,27,32). The van der Waals surface area contributed by atoms with Crippen LogP contribution in [0.4, 0.5) is 11.4 Å². The van der Waals surface area contributed by atoms with Gasteiger partial charge in [0.15, 0.2) is 0 Å². The van der Waals surface area contributed by atoms with Crippen LogP contribution in [0.15, 0.2) is 36.4 Å². The number of hydrogen-bond donors (Lipinski definition) is 1. The molecule has 2 aromatic rings. The lowest BCUT2D eigenvalue weighted by Crippen LogP contribution is -2.54. The quantitative estimate of drug-likeness (QED) is 0.650. The van der Waals surface area contributed by atoms with E-state index in [2.05, 4.69) is 5.32 Å². The molecule has 6 rings (SSSR count). The largest absolute Gasteiger partial charge is 0.323 e. The van der Waals surface area contributed by atoms with Crippen LogP contribution in [0.5, 0.6) is 0 Å². The van der Waals surface area contributed by atoms with E-state index in [4.69, 9.17) is 23.2 Å². The highest BCUT2D eigenvalue weighted by Gasteiger charge is 2.74. The Hall–Kier alpha value is -2.92. The normalized spacial score (nSPS) is 30.5. The van der Waals surface area contributed by atoms with E-state index in [0.29, 0.717) is 45.5 Å². The summed E-state index contributed by atoms with van der Waals surface area (Å²) in [5, 5.41) is 12.8. The number of fused-ring (bicyclic) bond motifs is 7. The molecule has 3 amide bonds. The van der Waals surface area contributed by atoms with Crippen LogP contribution < -0.4 is 10.2 Å². The molecule has 0 aliphatic carbocycles. The van der Waals surface area contributed by atoms with Crippen LogP contribution in [0.1, 0.15) is 24.0 Å². The van der Waals surface area contributed by atoms with Crippen molar-refractivity contribution in [3.05, 3.63) is 57.6 Å². The van der Waals surface area contributed by atoms with Gasteiger partial charge in [-0.05, 0) is 49.7 Å². The first-order valence-corrected chi connectivity index (χ1v) is 11.1. The summed E-state index contributed by atoms with van der Waals surface area (Å²) in [6, 6.07) is 11.4. The van der Waals surface area contributed by atoms with Crippen molar-refractivity contribution in [3.63, 3.8) is 0 Å². The van der Waals surface area contributed by atoms with Gasteiger partial charge in [0.05, 0.1) is 39.9 Å². The molecule has 4 aliphatic heterocycles. The van der Waals surface area contributed by atoms with Crippen molar-refractivity contribution < 1.29 is 14.4 Å². The Morgan fingerprint density at radius 2 is 1.94 bits per heavy atom. The minimum Gasteiger partial charge on any atom is -0.323 e. The first-order chi connectivity index (χ1) is 15.4. The lowest BCUT2D eigenvalue weighted by atomic mass is 9.75. The number of amides is 3. The van der Waals surface area contributed by atoms with E-state index in [-0.39, 0.29) is 17.9 Å². The maximum Gasteiger partial charge on any atom is 0.250 e. The van der Waals surface area contributed by atoms with Crippen molar-refractivity contribution in [2.75, 3.05) is 16.8 Å². The highest BCUT2D eigenvalue weighted by Crippen LogP contribution is 2.61. The summed E-state index contributed by atoms with van der Waals surface area (Å²) in [5.41, 5.74) is 0.339. The topological polar surface area (TPSA) is 93.5 Å². The van der Waals surface area contributed by atoms with Crippen molar-refractivity contribution in [1.29, 1.82) is 5.26 Å². The van der Waals surface area contributed by atoms with Crippen LogP contribution in [-0.4, -0.2) is 35.2 Å². The Morgan fingerprint density at radius 3 is 2.72 bits per heavy atom. The van der Waals surface area contributed by atoms with Gasteiger partial charge in [-0.15, -0.1) is 0 Å². The highest BCUT2D eigenvalue weighted by molar-refractivity contribution is 6.38. The molecular formula is C23H16Cl2N4O3. The van der Waals surface area contributed by atoms with Crippen LogP contribution in [0.3, 0.4) is 0 Å². The van der Waals surface area contributed by atoms with Gasteiger partial charge in [-0.3, -0.25) is 19.3 Å². The lowest BCUT2D eigenvalue weighted by Gasteiger charge is -2.36. The molecule has 7 nitrogen and oxygen atoms in total. The first kappa shape index (κ1) is 19.7. The number of imide groups is 1. The second kappa shape index (κ2) is 6.55. The van der Waals surface area contributed by atoms with Gasteiger partial charge in [0.2, 0.25) is 11.8 Å². The molecule has 0 saturated carbocycles. The number of benzene rings is 2. The van der Waals surface area contributed by atoms with Gasteiger partial charge in [0.1, 0.15) is 5.54 Å². The van der Waals surface area contributed by atoms with Crippen LogP contribution >= 0.6 is 23.2 Å². The Labute approximate surface area is 193 Å². The van der Waals surface area contributed by atoms with E-state index in [0.717, 1.165) is 11.3 Å². The molecule has 9 heteroatoms. The molecule has 4 heterocycles. The number of carbonyl (C=O) groups is 3. The van der Waals surface area contributed by atoms with Crippen molar-refractivity contribution in [1.82, 2.24) is 4.90 Å². The fourth-order valence-corrected chi connectivity index (χ4v) is 6.74. The van der Waals surface area contributed by atoms with Crippen LogP contribution in [0.25, 0.3) is 0 Å². The van der Waals surface area contributed by atoms with E-state index >= 15 is 0 Å². The molecule has 4 atom stereocenters. The third kappa shape index (κ3) is 2.22.